The molecule has 0 radical (unpaired) electrons. The van der Waals surface area contributed by atoms with E-state index in [1.54, 1.807) is 13.0 Å². The lowest BCUT2D eigenvalue weighted by atomic mass is 9.88. The number of esters is 1. The number of benzene rings is 5. The zero-order valence-corrected chi connectivity index (χ0v) is 23.2. The molecule has 6 heteroatoms. The van der Waals surface area contributed by atoms with Crippen LogP contribution in [0.25, 0.3) is 56.1 Å². The molecule has 0 fully saturated rings. The van der Waals surface area contributed by atoms with Crippen molar-refractivity contribution in [2.75, 3.05) is 7.11 Å². The lowest BCUT2D eigenvalue weighted by Gasteiger charge is -2.16. The minimum atomic E-state index is -0.456. The van der Waals surface area contributed by atoms with Gasteiger partial charge in [0.15, 0.2) is 17.5 Å². The van der Waals surface area contributed by atoms with Gasteiger partial charge in [0.25, 0.3) is 0 Å². The Hall–Kier alpha value is -5.49. The average Bonchev–Trinajstić information content (AvgIpc) is 3.04. The first-order valence-electron chi connectivity index (χ1n) is 13.6. The van der Waals surface area contributed by atoms with Gasteiger partial charge in [0.05, 0.1) is 12.7 Å². The Balaban J connectivity index is 1.49. The van der Waals surface area contributed by atoms with Crippen LogP contribution in [0, 0.1) is 0 Å². The molecule has 204 valence electrons. The first-order chi connectivity index (χ1) is 20.5. The molecule has 6 nitrogen and oxygen atoms in total. The van der Waals surface area contributed by atoms with Gasteiger partial charge in [-0.1, -0.05) is 109 Å². The SMILES string of the molecule is COC(=O)c1cc(CC(C)=O)c2ccccc2c1-c1ccc(-c2nc(-c3ccccc3)nc(-c3ccccc3)n2)cc1. The third-order valence-electron chi connectivity index (χ3n) is 7.11. The van der Waals surface area contributed by atoms with E-state index in [0.29, 0.717) is 23.0 Å². The minimum absolute atomic E-state index is 0.0233. The number of rotatable bonds is 7. The fraction of sp³-hybridized carbons (Fsp3) is 0.0833. The first-order valence-corrected chi connectivity index (χ1v) is 13.6. The van der Waals surface area contributed by atoms with E-state index in [4.69, 9.17) is 19.7 Å². The number of nitrogens with zero attached hydrogens (tertiary/aromatic N) is 3. The standard InChI is InChI=1S/C36H27N3O3/c1-23(40)21-28-22-31(36(41)42-2)32(30-16-10-9-15-29(28)30)24-17-19-27(20-18-24)35-38-33(25-11-5-3-6-12-25)37-34(39-35)26-13-7-4-8-14-26/h3-20,22H,21H2,1-2H3. The molecular weight excluding hydrogens is 522 g/mol. The van der Waals surface area contributed by atoms with Crippen LogP contribution < -0.4 is 0 Å². The summed E-state index contributed by atoms with van der Waals surface area (Å²) in [5.74, 6) is 1.29. The number of fused-ring (bicyclic) bond motifs is 1. The molecule has 0 atom stereocenters. The molecule has 0 aliphatic heterocycles. The van der Waals surface area contributed by atoms with Gasteiger partial charge < -0.3 is 4.74 Å². The second-order valence-electron chi connectivity index (χ2n) is 9.99. The maximum absolute atomic E-state index is 13.0. The van der Waals surface area contributed by atoms with Gasteiger partial charge in [0.1, 0.15) is 5.78 Å². The van der Waals surface area contributed by atoms with Crippen molar-refractivity contribution >= 4 is 22.5 Å². The molecule has 42 heavy (non-hydrogen) atoms. The van der Waals surface area contributed by atoms with Gasteiger partial charge in [-0.25, -0.2) is 19.7 Å². The molecule has 0 unspecified atom stereocenters. The van der Waals surface area contributed by atoms with Crippen molar-refractivity contribution < 1.29 is 14.3 Å². The number of carbonyl (C=O) groups is 2. The van der Waals surface area contributed by atoms with Crippen molar-refractivity contribution in [2.45, 2.75) is 13.3 Å². The van der Waals surface area contributed by atoms with Crippen LogP contribution in [0.15, 0.2) is 115 Å². The normalized spacial score (nSPS) is 10.9. The Labute approximate surface area is 243 Å². The molecule has 0 saturated carbocycles. The summed E-state index contributed by atoms with van der Waals surface area (Å²) in [5, 5.41) is 1.80. The van der Waals surface area contributed by atoms with E-state index < -0.39 is 5.97 Å². The molecule has 0 spiro atoms. The summed E-state index contributed by atoms with van der Waals surface area (Å²) in [6, 6.07) is 37.1. The van der Waals surface area contributed by atoms with Crippen molar-refractivity contribution in [3.63, 3.8) is 0 Å². The minimum Gasteiger partial charge on any atom is -0.465 e. The summed E-state index contributed by atoms with van der Waals surface area (Å²) in [6.45, 7) is 1.55. The van der Waals surface area contributed by atoms with E-state index in [2.05, 4.69) is 0 Å². The summed E-state index contributed by atoms with van der Waals surface area (Å²) < 4.78 is 5.16. The summed E-state index contributed by atoms with van der Waals surface area (Å²) in [6.07, 6.45) is 0.233. The number of ketones is 1. The van der Waals surface area contributed by atoms with E-state index >= 15 is 0 Å². The molecule has 0 bridgehead atoms. The van der Waals surface area contributed by atoms with E-state index in [1.807, 2.05) is 109 Å². The lowest BCUT2D eigenvalue weighted by Crippen LogP contribution is -2.07. The predicted octanol–water partition coefficient (Wildman–Crippen LogP) is 7.61. The third kappa shape index (κ3) is 5.30. The molecule has 6 rings (SSSR count). The largest absolute Gasteiger partial charge is 0.465 e. The number of Topliss-reactive ketones (excluding diaryl/α,β-unsaturated/α-hetero) is 1. The number of hydrogen-bond donors (Lipinski definition) is 0. The fourth-order valence-electron chi connectivity index (χ4n) is 5.17. The number of methoxy groups -OCH3 is 1. The van der Waals surface area contributed by atoms with Gasteiger partial charge in [-0.05, 0) is 34.9 Å². The second-order valence-corrected chi connectivity index (χ2v) is 9.99. The number of ether oxygens (including phenoxy) is 1. The van der Waals surface area contributed by atoms with Gasteiger partial charge in [-0.15, -0.1) is 0 Å². The summed E-state index contributed by atoms with van der Waals surface area (Å²) in [4.78, 5) is 39.4. The molecule has 1 aromatic heterocycles. The van der Waals surface area contributed by atoms with Crippen LogP contribution in [0.3, 0.4) is 0 Å². The highest BCUT2D eigenvalue weighted by Crippen LogP contribution is 2.36. The van der Waals surface area contributed by atoms with E-state index in [1.165, 1.54) is 7.11 Å². The molecule has 0 amide bonds. The Morgan fingerprint density at radius 1 is 0.595 bits per heavy atom. The average molecular weight is 550 g/mol. The first kappa shape index (κ1) is 26.7. The highest BCUT2D eigenvalue weighted by Gasteiger charge is 2.20. The van der Waals surface area contributed by atoms with Crippen LogP contribution >= 0.6 is 0 Å². The number of carbonyl (C=O) groups excluding carboxylic acids is 2. The zero-order chi connectivity index (χ0) is 29.1. The van der Waals surface area contributed by atoms with Crippen molar-refractivity contribution in [2.24, 2.45) is 0 Å². The van der Waals surface area contributed by atoms with Crippen molar-refractivity contribution in [3.8, 4) is 45.3 Å². The summed E-state index contributed by atoms with van der Waals surface area (Å²) in [7, 11) is 1.37. The smallest absolute Gasteiger partial charge is 0.338 e. The molecule has 1 heterocycles. The van der Waals surface area contributed by atoms with Gasteiger partial charge >= 0.3 is 5.97 Å². The molecule has 0 N–H and O–H groups in total. The van der Waals surface area contributed by atoms with Crippen LogP contribution in [0.2, 0.25) is 0 Å². The van der Waals surface area contributed by atoms with Gasteiger partial charge in [-0.2, -0.15) is 0 Å². The molecule has 0 saturated heterocycles. The highest BCUT2D eigenvalue weighted by atomic mass is 16.5. The quantitative estimate of drug-likeness (QED) is 0.191. The van der Waals surface area contributed by atoms with E-state index in [-0.39, 0.29) is 12.2 Å². The lowest BCUT2D eigenvalue weighted by molar-refractivity contribution is -0.116. The molecule has 5 aromatic carbocycles. The van der Waals surface area contributed by atoms with Crippen molar-refractivity contribution in [1.82, 2.24) is 15.0 Å². The van der Waals surface area contributed by atoms with Crippen LogP contribution in [0.5, 0.6) is 0 Å². The van der Waals surface area contributed by atoms with Crippen LogP contribution in [-0.2, 0) is 16.0 Å². The molecule has 0 aliphatic rings. The monoisotopic (exact) mass is 549 g/mol. The third-order valence-corrected chi connectivity index (χ3v) is 7.11. The highest BCUT2D eigenvalue weighted by molar-refractivity contribution is 6.10. The van der Waals surface area contributed by atoms with Gasteiger partial charge in [0.2, 0.25) is 0 Å². The van der Waals surface area contributed by atoms with Crippen LogP contribution in [-0.4, -0.2) is 33.8 Å². The van der Waals surface area contributed by atoms with E-state index in [0.717, 1.165) is 44.2 Å². The number of hydrogen-bond acceptors (Lipinski definition) is 6. The fourth-order valence-corrected chi connectivity index (χ4v) is 5.17. The Morgan fingerprint density at radius 3 is 1.55 bits per heavy atom. The predicted molar refractivity (Wildman–Crippen MR) is 165 cm³/mol. The van der Waals surface area contributed by atoms with Crippen LogP contribution in [0.1, 0.15) is 22.8 Å². The van der Waals surface area contributed by atoms with Gasteiger partial charge in [0, 0.05) is 28.7 Å². The van der Waals surface area contributed by atoms with Crippen molar-refractivity contribution in [1.29, 1.82) is 0 Å². The van der Waals surface area contributed by atoms with Crippen LogP contribution in [0.4, 0.5) is 0 Å². The Morgan fingerprint density at radius 2 is 1.05 bits per heavy atom. The van der Waals surface area contributed by atoms with E-state index in [9.17, 15) is 9.59 Å². The van der Waals surface area contributed by atoms with Gasteiger partial charge in [-0.3, -0.25) is 4.79 Å². The second kappa shape index (κ2) is 11.6. The molecular formula is C36H27N3O3. The zero-order valence-electron chi connectivity index (χ0n) is 23.2. The summed E-state index contributed by atoms with van der Waals surface area (Å²) >= 11 is 0. The number of aromatic nitrogens is 3. The molecule has 6 aromatic rings. The Kier molecular flexibility index (Phi) is 7.35. The maximum Gasteiger partial charge on any atom is 0.338 e. The summed E-state index contributed by atoms with van der Waals surface area (Å²) in [5.41, 5.74) is 5.41. The van der Waals surface area contributed by atoms with Crippen molar-refractivity contribution in [3.05, 3.63) is 126 Å². The topological polar surface area (TPSA) is 82.0 Å². The Bertz CT molecular complexity index is 1860. The molecule has 0 aliphatic carbocycles. The maximum atomic E-state index is 13.0.